The summed E-state index contributed by atoms with van der Waals surface area (Å²) in [4.78, 5) is 11.0. The van der Waals surface area contributed by atoms with Gasteiger partial charge in [-0.15, -0.1) is 0 Å². The molecule has 0 aliphatic heterocycles. The summed E-state index contributed by atoms with van der Waals surface area (Å²) >= 11 is 3.52. The van der Waals surface area contributed by atoms with Gasteiger partial charge in [0.2, 0.25) is 0 Å². The molecular weight excluding hydrogens is 294 g/mol. The van der Waals surface area contributed by atoms with Crippen molar-refractivity contribution in [1.29, 1.82) is 0 Å². The lowest BCUT2D eigenvalue weighted by Crippen LogP contribution is -2.36. The van der Waals surface area contributed by atoms with Gasteiger partial charge >= 0.3 is 5.97 Å². The van der Waals surface area contributed by atoms with Crippen molar-refractivity contribution in [1.82, 2.24) is 5.32 Å². The first-order valence-electron chi connectivity index (χ1n) is 6.36. The summed E-state index contributed by atoms with van der Waals surface area (Å²) in [7, 11) is 0. The second-order valence-electron chi connectivity index (χ2n) is 4.87. The minimum Gasteiger partial charge on any atom is -0.481 e. The van der Waals surface area contributed by atoms with Crippen molar-refractivity contribution in [2.45, 2.75) is 38.3 Å². The minimum absolute atomic E-state index is 0.171. The van der Waals surface area contributed by atoms with E-state index in [2.05, 4.69) is 27.3 Å². The molecule has 0 spiro atoms. The van der Waals surface area contributed by atoms with Crippen molar-refractivity contribution in [2.24, 2.45) is 5.92 Å². The number of halogens is 1. The summed E-state index contributed by atoms with van der Waals surface area (Å²) in [6.07, 6.45) is 3.65. The maximum Gasteiger partial charge on any atom is 0.306 e. The van der Waals surface area contributed by atoms with Crippen LogP contribution in [0.5, 0.6) is 0 Å². The molecule has 0 amide bonds. The highest BCUT2D eigenvalue weighted by Gasteiger charge is 2.26. The van der Waals surface area contributed by atoms with Crippen LogP contribution in [0.4, 0.5) is 0 Å². The fourth-order valence-electron chi connectivity index (χ4n) is 2.50. The average molecular weight is 312 g/mol. The van der Waals surface area contributed by atoms with E-state index < -0.39 is 5.97 Å². The van der Waals surface area contributed by atoms with Gasteiger partial charge in [-0.25, -0.2) is 0 Å². The Kier molecular flexibility index (Phi) is 4.78. The van der Waals surface area contributed by atoms with Gasteiger partial charge in [-0.2, -0.15) is 0 Å². The molecule has 1 saturated carbocycles. The van der Waals surface area contributed by atoms with Gasteiger partial charge in [0, 0.05) is 17.1 Å². The molecule has 1 aliphatic rings. The van der Waals surface area contributed by atoms with Crippen LogP contribution in [0.3, 0.4) is 0 Å². The Bertz CT molecular complexity index is 422. The van der Waals surface area contributed by atoms with Gasteiger partial charge < -0.3 is 10.4 Å². The zero-order valence-electron chi connectivity index (χ0n) is 10.2. The number of rotatable bonds is 4. The zero-order valence-corrected chi connectivity index (χ0v) is 11.8. The molecule has 18 heavy (non-hydrogen) atoms. The topological polar surface area (TPSA) is 49.3 Å². The lowest BCUT2D eigenvalue weighted by molar-refractivity contribution is -0.143. The van der Waals surface area contributed by atoms with Gasteiger partial charge in [-0.05, 0) is 30.9 Å². The number of nitrogens with one attached hydrogen (secondary N) is 1. The Morgan fingerprint density at radius 2 is 2.17 bits per heavy atom. The normalized spacial score (nSPS) is 23.8. The van der Waals surface area contributed by atoms with E-state index in [-0.39, 0.29) is 5.92 Å². The predicted octanol–water partition coefficient (Wildman–Crippen LogP) is 3.18. The molecule has 0 radical (unpaired) electrons. The Hall–Kier alpha value is -0.870. The SMILES string of the molecule is O=C(O)C1CCCC(NCc2ccccc2Br)C1. The monoisotopic (exact) mass is 311 g/mol. The standard InChI is InChI=1S/C14H18BrNO2/c15-13-7-2-1-4-11(13)9-16-12-6-3-5-10(8-12)14(17)18/h1-2,4,7,10,12,16H,3,5-6,8-9H2,(H,17,18). The molecular formula is C14H18BrNO2. The maximum atomic E-state index is 11.0. The van der Waals surface area contributed by atoms with Gasteiger partial charge in [0.1, 0.15) is 0 Å². The van der Waals surface area contributed by atoms with E-state index in [1.54, 1.807) is 0 Å². The van der Waals surface area contributed by atoms with Crippen LogP contribution < -0.4 is 5.32 Å². The lowest BCUT2D eigenvalue weighted by Gasteiger charge is -2.27. The predicted molar refractivity (Wildman–Crippen MR) is 74.4 cm³/mol. The molecule has 3 nitrogen and oxygen atoms in total. The highest BCUT2D eigenvalue weighted by molar-refractivity contribution is 9.10. The smallest absolute Gasteiger partial charge is 0.306 e. The van der Waals surface area contributed by atoms with Gasteiger partial charge in [0.25, 0.3) is 0 Å². The average Bonchev–Trinajstić information content (AvgIpc) is 2.38. The summed E-state index contributed by atoms with van der Waals surface area (Å²) in [5.74, 6) is -0.821. The summed E-state index contributed by atoms with van der Waals surface area (Å²) in [6, 6.07) is 8.44. The van der Waals surface area contributed by atoms with Crippen molar-refractivity contribution < 1.29 is 9.90 Å². The maximum absolute atomic E-state index is 11.0. The molecule has 1 fully saturated rings. The van der Waals surface area contributed by atoms with Crippen LogP contribution in [0, 0.1) is 5.92 Å². The van der Waals surface area contributed by atoms with Gasteiger partial charge in [-0.3, -0.25) is 4.79 Å². The summed E-state index contributed by atoms with van der Waals surface area (Å²) < 4.78 is 1.10. The summed E-state index contributed by atoms with van der Waals surface area (Å²) in [6.45, 7) is 0.790. The molecule has 2 unspecified atom stereocenters. The summed E-state index contributed by atoms with van der Waals surface area (Å²) in [5, 5.41) is 12.5. The van der Waals surface area contributed by atoms with E-state index in [9.17, 15) is 4.79 Å². The first-order valence-corrected chi connectivity index (χ1v) is 7.15. The van der Waals surface area contributed by atoms with Crippen molar-refractivity contribution in [3.63, 3.8) is 0 Å². The number of benzene rings is 1. The molecule has 0 saturated heterocycles. The number of carboxylic acids is 1. The largest absolute Gasteiger partial charge is 0.481 e. The third-order valence-corrected chi connectivity index (χ3v) is 4.34. The molecule has 1 aromatic carbocycles. The molecule has 2 atom stereocenters. The third-order valence-electron chi connectivity index (χ3n) is 3.56. The van der Waals surface area contributed by atoms with Crippen LogP contribution in [0.15, 0.2) is 28.7 Å². The second kappa shape index (κ2) is 6.34. The molecule has 0 bridgehead atoms. The number of carbonyl (C=O) groups is 1. The first kappa shape index (κ1) is 13.6. The van der Waals surface area contributed by atoms with E-state index in [0.29, 0.717) is 6.04 Å². The van der Waals surface area contributed by atoms with Gasteiger partial charge in [0.15, 0.2) is 0 Å². The van der Waals surface area contributed by atoms with Gasteiger partial charge in [-0.1, -0.05) is 40.5 Å². The Morgan fingerprint density at radius 3 is 2.89 bits per heavy atom. The lowest BCUT2D eigenvalue weighted by atomic mass is 9.86. The van der Waals surface area contributed by atoms with Crippen molar-refractivity contribution in [2.75, 3.05) is 0 Å². The number of hydrogen-bond acceptors (Lipinski definition) is 2. The molecule has 1 aliphatic carbocycles. The van der Waals surface area contributed by atoms with Crippen LogP contribution in [-0.4, -0.2) is 17.1 Å². The van der Waals surface area contributed by atoms with Crippen LogP contribution in [0.1, 0.15) is 31.2 Å². The van der Waals surface area contributed by atoms with Crippen molar-refractivity contribution in [3.05, 3.63) is 34.3 Å². The minimum atomic E-state index is -0.651. The second-order valence-corrected chi connectivity index (χ2v) is 5.73. The molecule has 98 valence electrons. The van der Waals surface area contributed by atoms with Crippen LogP contribution in [0.25, 0.3) is 0 Å². The molecule has 0 heterocycles. The van der Waals surface area contributed by atoms with E-state index in [4.69, 9.17) is 5.11 Å². The quantitative estimate of drug-likeness (QED) is 0.898. The van der Waals surface area contributed by atoms with Crippen LogP contribution >= 0.6 is 15.9 Å². The zero-order chi connectivity index (χ0) is 13.0. The Labute approximate surface area is 116 Å². The van der Waals surface area contributed by atoms with Crippen molar-refractivity contribution >= 4 is 21.9 Å². The highest BCUT2D eigenvalue weighted by atomic mass is 79.9. The fourth-order valence-corrected chi connectivity index (χ4v) is 2.92. The number of carboxylic acid groups (broad SMARTS) is 1. The van der Waals surface area contributed by atoms with Gasteiger partial charge in [0.05, 0.1) is 5.92 Å². The molecule has 0 aromatic heterocycles. The molecule has 4 heteroatoms. The highest BCUT2D eigenvalue weighted by Crippen LogP contribution is 2.25. The Morgan fingerprint density at radius 1 is 1.39 bits per heavy atom. The molecule has 2 N–H and O–H groups in total. The fraction of sp³-hybridized carbons (Fsp3) is 0.500. The third kappa shape index (κ3) is 3.56. The number of hydrogen-bond donors (Lipinski definition) is 2. The van der Waals surface area contributed by atoms with Crippen LogP contribution in [-0.2, 0) is 11.3 Å². The van der Waals surface area contributed by atoms with E-state index >= 15 is 0 Å². The van der Waals surface area contributed by atoms with E-state index in [1.165, 1.54) is 5.56 Å². The summed E-state index contributed by atoms with van der Waals surface area (Å²) in [5.41, 5.74) is 1.22. The van der Waals surface area contributed by atoms with Crippen LogP contribution in [0.2, 0.25) is 0 Å². The van der Waals surface area contributed by atoms with E-state index in [1.807, 2.05) is 18.2 Å². The first-order chi connectivity index (χ1) is 8.66. The van der Waals surface area contributed by atoms with E-state index in [0.717, 1.165) is 36.7 Å². The Balaban J connectivity index is 1.87. The number of aliphatic carboxylic acids is 1. The molecule has 2 rings (SSSR count). The van der Waals surface area contributed by atoms with Crippen molar-refractivity contribution in [3.8, 4) is 0 Å². The molecule has 1 aromatic rings.